The second-order valence-electron chi connectivity index (χ2n) is 6.85. The van der Waals surface area contributed by atoms with Gasteiger partial charge in [0, 0.05) is 18.2 Å². The van der Waals surface area contributed by atoms with Crippen LogP contribution in [0.25, 0.3) is 0 Å². The van der Waals surface area contributed by atoms with Crippen molar-refractivity contribution in [1.82, 2.24) is 4.90 Å². The van der Waals surface area contributed by atoms with Crippen LogP contribution >= 0.6 is 11.8 Å². The Morgan fingerprint density at radius 3 is 2.62 bits per heavy atom. The Balaban J connectivity index is 1.53. The molecule has 0 spiro atoms. The van der Waals surface area contributed by atoms with Gasteiger partial charge in [-0.1, -0.05) is 31.4 Å². The second kappa shape index (κ2) is 9.31. The molecule has 1 aromatic rings. The van der Waals surface area contributed by atoms with Crippen LogP contribution in [-0.4, -0.2) is 48.0 Å². The molecule has 0 N–H and O–H groups in total. The lowest BCUT2D eigenvalue weighted by Crippen LogP contribution is -2.39. The van der Waals surface area contributed by atoms with Crippen LogP contribution in [0.5, 0.6) is 11.5 Å². The molecule has 1 amide bonds. The van der Waals surface area contributed by atoms with Crippen LogP contribution < -0.4 is 9.47 Å². The molecule has 0 bridgehead atoms. The van der Waals surface area contributed by atoms with Crippen LogP contribution in [0.2, 0.25) is 0 Å². The molecule has 1 aliphatic heterocycles. The molecule has 2 aliphatic rings. The summed E-state index contributed by atoms with van der Waals surface area (Å²) in [7, 11) is 1.61. The van der Waals surface area contributed by atoms with E-state index >= 15 is 0 Å². The summed E-state index contributed by atoms with van der Waals surface area (Å²) in [6.07, 6.45) is 5.36. The van der Waals surface area contributed by atoms with E-state index in [9.17, 15) is 9.59 Å². The number of hydrogen-bond acceptors (Lipinski definition) is 5. The number of thioether (sulfide) groups is 1. The Bertz CT molecular complexity index is 630. The number of amides is 1. The Kier molecular flexibility index (Phi) is 6.83. The topological polar surface area (TPSA) is 55.8 Å². The molecule has 2 fully saturated rings. The molecule has 1 heterocycles. The summed E-state index contributed by atoms with van der Waals surface area (Å²) in [6.45, 7) is 1.08. The van der Waals surface area contributed by atoms with E-state index in [0.717, 1.165) is 31.4 Å². The number of hydrogen-bond donors (Lipinski definition) is 0. The maximum Gasteiger partial charge on any atom is 0.231 e. The minimum Gasteiger partial charge on any atom is -0.493 e. The number of Topliss-reactive ketones (excluding diaryl/α,β-unsaturated/α-hetero) is 1. The molecule has 0 aromatic heterocycles. The van der Waals surface area contributed by atoms with E-state index in [-0.39, 0.29) is 29.4 Å². The van der Waals surface area contributed by atoms with E-state index in [1.807, 2.05) is 24.3 Å². The van der Waals surface area contributed by atoms with E-state index in [1.165, 1.54) is 6.42 Å². The molecule has 142 valence electrons. The van der Waals surface area contributed by atoms with Gasteiger partial charge in [-0.2, -0.15) is 0 Å². The smallest absolute Gasteiger partial charge is 0.231 e. The van der Waals surface area contributed by atoms with Crippen molar-refractivity contribution in [3.05, 3.63) is 24.3 Å². The Morgan fingerprint density at radius 2 is 1.88 bits per heavy atom. The van der Waals surface area contributed by atoms with Crippen molar-refractivity contribution < 1.29 is 19.1 Å². The van der Waals surface area contributed by atoms with Gasteiger partial charge in [-0.25, -0.2) is 0 Å². The molecule has 1 atom stereocenters. The van der Waals surface area contributed by atoms with Crippen LogP contribution in [0.1, 0.15) is 38.5 Å². The van der Waals surface area contributed by atoms with Gasteiger partial charge in [-0.05, 0) is 25.0 Å². The van der Waals surface area contributed by atoms with Gasteiger partial charge in [0.15, 0.2) is 11.5 Å². The number of nitrogens with zero attached hydrogens (tertiary/aromatic N) is 1. The van der Waals surface area contributed by atoms with Gasteiger partial charge >= 0.3 is 0 Å². The van der Waals surface area contributed by atoms with E-state index in [0.29, 0.717) is 24.7 Å². The highest BCUT2D eigenvalue weighted by atomic mass is 32.2. The van der Waals surface area contributed by atoms with Crippen molar-refractivity contribution >= 4 is 23.5 Å². The van der Waals surface area contributed by atoms with Gasteiger partial charge in [-0.15, -0.1) is 11.8 Å². The van der Waals surface area contributed by atoms with Gasteiger partial charge < -0.3 is 14.4 Å². The third kappa shape index (κ3) is 4.72. The number of ketones is 1. The predicted octanol–water partition coefficient (Wildman–Crippen LogP) is 3.52. The molecule has 5 nitrogen and oxygen atoms in total. The Labute approximate surface area is 159 Å². The van der Waals surface area contributed by atoms with Gasteiger partial charge in [0.1, 0.15) is 17.8 Å². The summed E-state index contributed by atoms with van der Waals surface area (Å²) in [5.41, 5.74) is 0. The first kappa shape index (κ1) is 19.1. The average molecular weight is 378 g/mol. The summed E-state index contributed by atoms with van der Waals surface area (Å²) in [6, 6.07) is 7.49. The lowest BCUT2D eigenvalue weighted by Gasteiger charge is -2.25. The maximum atomic E-state index is 12.7. The third-order valence-electron chi connectivity index (χ3n) is 5.15. The molecule has 0 radical (unpaired) electrons. The fraction of sp³-hybridized carbons (Fsp3) is 0.600. The maximum absolute atomic E-state index is 12.7. The summed E-state index contributed by atoms with van der Waals surface area (Å²) >= 11 is 1.70. The van der Waals surface area contributed by atoms with Crippen LogP contribution in [0, 0.1) is 5.92 Å². The van der Waals surface area contributed by atoms with E-state index in [1.54, 1.807) is 23.8 Å². The summed E-state index contributed by atoms with van der Waals surface area (Å²) in [5.74, 6) is 2.39. The number of rotatable bonds is 7. The number of carbonyl (C=O) groups is 2. The Morgan fingerprint density at radius 1 is 1.15 bits per heavy atom. The normalized spacial score (nSPS) is 20.8. The van der Waals surface area contributed by atoms with Crippen molar-refractivity contribution in [2.75, 3.05) is 26.0 Å². The third-order valence-corrected chi connectivity index (χ3v) is 6.34. The van der Waals surface area contributed by atoms with Crippen LogP contribution in [0.15, 0.2) is 24.3 Å². The highest BCUT2D eigenvalue weighted by Crippen LogP contribution is 2.30. The molecule has 1 aromatic carbocycles. The zero-order valence-electron chi connectivity index (χ0n) is 15.3. The zero-order chi connectivity index (χ0) is 18.4. The van der Waals surface area contributed by atoms with E-state index < -0.39 is 0 Å². The molecule has 1 saturated heterocycles. The number of ether oxygens (including phenoxy) is 2. The number of benzene rings is 1. The molecule has 1 aliphatic carbocycles. The van der Waals surface area contributed by atoms with Crippen LogP contribution in [0.3, 0.4) is 0 Å². The van der Waals surface area contributed by atoms with E-state index in [2.05, 4.69) is 0 Å². The summed E-state index contributed by atoms with van der Waals surface area (Å²) < 4.78 is 11.2. The lowest BCUT2D eigenvalue weighted by atomic mass is 9.85. The van der Waals surface area contributed by atoms with Crippen molar-refractivity contribution in [1.29, 1.82) is 0 Å². The van der Waals surface area contributed by atoms with Gasteiger partial charge in [-0.3, -0.25) is 9.59 Å². The van der Waals surface area contributed by atoms with E-state index in [4.69, 9.17) is 9.47 Å². The highest BCUT2D eigenvalue weighted by Gasteiger charge is 2.32. The van der Waals surface area contributed by atoms with Gasteiger partial charge in [0.25, 0.3) is 0 Å². The van der Waals surface area contributed by atoms with Gasteiger partial charge in [0.2, 0.25) is 5.91 Å². The number of carbonyl (C=O) groups excluding carboxylic acids is 2. The molecule has 26 heavy (non-hydrogen) atoms. The summed E-state index contributed by atoms with van der Waals surface area (Å²) in [5, 5.41) is -0.0495. The molecular weight excluding hydrogens is 350 g/mol. The van der Waals surface area contributed by atoms with Gasteiger partial charge in [0.05, 0.1) is 13.5 Å². The SMILES string of the molecule is COc1ccccc1OC[C@@H]1SCCN1C(=O)CC(=O)C1CCCCC1. The average Bonchev–Trinajstić information content (AvgIpc) is 3.16. The van der Waals surface area contributed by atoms with Crippen molar-refractivity contribution in [3.8, 4) is 11.5 Å². The minimum absolute atomic E-state index is 0.0381. The Hall–Kier alpha value is -1.69. The fourth-order valence-electron chi connectivity index (χ4n) is 3.66. The van der Waals surface area contributed by atoms with Crippen LogP contribution in [-0.2, 0) is 9.59 Å². The first-order valence-corrected chi connectivity index (χ1v) is 10.4. The largest absolute Gasteiger partial charge is 0.493 e. The first-order chi connectivity index (χ1) is 12.7. The predicted molar refractivity (Wildman–Crippen MR) is 103 cm³/mol. The zero-order valence-corrected chi connectivity index (χ0v) is 16.1. The first-order valence-electron chi connectivity index (χ1n) is 9.38. The number of methoxy groups -OCH3 is 1. The lowest BCUT2D eigenvalue weighted by molar-refractivity contribution is -0.137. The monoisotopic (exact) mass is 377 g/mol. The second-order valence-corrected chi connectivity index (χ2v) is 8.14. The van der Waals surface area contributed by atoms with Crippen molar-refractivity contribution in [2.45, 2.75) is 43.9 Å². The quantitative estimate of drug-likeness (QED) is 0.681. The fourth-order valence-corrected chi connectivity index (χ4v) is 4.80. The number of para-hydroxylation sites is 2. The van der Waals surface area contributed by atoms with Crippen LogP contribution in [0.4, 0.5) is 0 Å². The minimum atomic E-state index is -0.0563. The molecule has 1 saturated carbocycles. The molecule has 3 rings (SSSR count). The standard InChI is InChI=1S/C20H27NO4S/c1-24-17-9-5-6-10-18(17)25-14-20-21(11-12-26-20)19(23)13-16(22)15-7-3-2-4-8-15/h5-6,9-10,15,20H,2-4,7-8,11-14H2,1H3/t20-/m0/s1. The van der Waals surface area contributed by atoms with Crippen molar-refractivity contribution in [2.24, 2.45) is 5.92 Å². The van der Waals surface area contributed by atoms with Crippen molar-refractivity contribution in [3.63, 3.8) is 0 Å². The summed E-state index contributed by atoms with van der Waals surface area (Å²) in [4.78, 5) is 26.9. The molecule has 6 heteroatoms. The highest BCUT2D eigenvalue weighted by molar-refractivity contribution is 8.00. The molecular formula is C20H27NO4S. The molecule has 0 unspecified atom stereocenters.